The number of thiazole rings is 1. The molecule has 0 fully saturated rings. The van der Waals surface area contributed by atoms with Crippen LogP contribution in [0.4, 0.5) is 5.13 Å². The summed E-state index contributed by atoms with van der Waals surface area (Å²) in [4.78, 5) is 39.7. The van der Waals surface area contributed by atoms with Gasteiger partial charge < -0.3 is 14.2 Å². The predicted molar refractivity (Wildman–Crippen MR) is 94.7 cm³/mol. The average molecular weight is 378 g/mol. The average Bonchev–Trinajstić information content (AvgIpc) is 3.00. The van der Waals surface area contributed by atoms with Crippen molar-refractivity contribution in [3.8, 4) is 5.75 Å². The number of nitrogens with zero attached hydrogens (tertiary/aromatic N) is 1. The van der Waals surface area contributed by atoms with E-state index in [1.54, 1.807) is 32.0 Å². The molecule has 0 unspecified atom stereocenters. The minimum atomic E-state index is -0.507. The van der Waals surface area contributed by atoms with Crippen molar-refractivity contribution in [2.75, 3.05) is 25.6 Å². The van der Waals surface area contributed by atoms with Crippen LogP contribution in [-0.2, 0) is 14.3 Å². The molecule has 0 aliphatic rings. The van der Waals surface area contributed by atoms with Crippen LogP contribution in [0.1, 0.15) is 32.6 Å². The van der Waals surface area contributed by atoms with Gasteiger partial charge in [0.05, 0.1) is 25.0 Å². The van der Waals surface area contributed by atoms with E-state index in [9.17, 15) is 14.4 Å². The number of aromatic nitrogens is 1. The summed E-state index contributed by atoms with van der Waals surface area (Å²) in [6.45, 7) is 3.36. The van der Waals surface area contributed by atoms with Crippen LogP contribution in [-0.4, -0.2) is 43.2 Å². The topological polar surface area (TPSA) is 104 Å². The molecule has 0 bridgehead atoms. The number of ether oxygens (including phenoxy) is 3. The zero-order chi connectivity index (χ0) is 19.1. The van der Waals surface area contributed by atoms with Gasteiger partial charge in [-0.2, -0.15) is 0 Å². The van der Waals surface area contributed by atoms with Crippen LogP contribution in [0, 0.1) is 6.92 Å². The van der Waals surface area contributed by atoms with Crippen molar-refractivity contribution in [1.82, 2.24) is 4.98 Å². The van der Waals surface area contributed by atoms with Gasteiger partial charge in [0.1, 0.15) is 10.6 Å². The SMILES string of the molecule is CCOC(=O)c1cccc(OCC(=O)Nc2nc(C)c(C(=O)OC)s2)c1. The maximum Gasteiger partial charge on any atom is 0.350 e. The number of carbonyl (C=O) groups is 3. The fraction of sp³-hybridized carbons (Fsp3) is 0.294. The number of nitrogens with one attached hydrogen (secondary N) is 1. The van der Waals surface area contributed by atoms with Crippen LogP contribution >= 0.6 is 11.3 Å². The Labute approximate surface area is 154 Å². The molecule has 1 heterocycles. The summed E-state index contributed by atoms with van der Waals surface area (Å²) >= 11 is 1.02. The lowest BCUT2D eigenvalue weighted by Crippen LogP contribution is -2.20. The molecule has 0 radical (unpaired) electrons. The molecule has 1 amide bonds. The normalized spacial score (nSPS) is 10.1. The van der Waals surface area contributed by atoms with E-state index in [0.717, 1.165) is 11.3 Å². The van der Waals surface area contributed by atoms with Crippen LogP contribution < -0.4 is 10.1 Å². The smallest absolute Gasteiger partial charge is 0.350 e. The Kier molecular flexibility index (Phi) is 6.67. The number of benzene rings is 1. The number of aryl methyl sites for hydroxylation is 1. The summed E-state index contributed by atoms with van der Waals surface area (Å²) in [5, 5.41) is 2.83. The molecule has 0 saturated heterocycles. The number of methoxy groups -OCH3 is 1. The summed E-state index contributed by atoms with van der Waals surface area (Å²) in [6.07, 6.45) is 0. The number of esters is 2. The minimum Gasteiger partial charge on any atom is -0.484 e. The van der Waals surface area contributed by atoms with E-state index < -0.39 is 17.8 Å². The lowest BCUT2D eigenvalue weighted by Gasteiger charge is -2.07. The van der Waals surface area contributed by atoms with E-state index in [0.29, 0.717) is 21.9 Å². The summed E-state index contributed by atoms with van der Waals surface area (Å²) < 4.78 is 14.9. The Hall–Kier alpha value is -2.94. The van der Waals surface area contributed by atoms with Gasteiger partial charge in [-0.3, -0.25) is 10.1 Å². The highest BCUT2D eigenvalue weighted by molar-refractivity contribution is 7.17. The molecule has 0 saturated carbocycles. The lowest BCUT2D eigenvalue weighted by molar-refractivity contribution is -0.118. The van der Waals surface area contributed by atoms with Gasteiger partial charge in [0, 0.05) is 0 Å². The molecule has 0 aliphatic carbocycles. The van der Waals surface area contributed by atoms with Gasteiger partial charge >= 0.3 is 11.9 Å². The zero-order valence-electron chi connectivity index (χ0n) is 14.5. The first kappa shape index (κ1) is 19.4. The molecular formula is C17H18N2O6S. The highest BCUT2D eigenvalue weighted by atomic mass is 32.1. The van der Waals surface area contributed by atoms with Gasteiger partial charge in [0.2, 0.25) is 0 Å². The molecule has 8 nitrogen and oxygen atoms in total. The molecule has 1 aromatic heterocycles. The second-order valence-corrected chi connectivity index (χ2v) is 6.01. The first-order chi connectivity index (χ1) is 12.4. The third-order valence-corrected chi connectivity index (χ3v) is 4.18. The van der Waals surface area contributed by atoms with Crippen LogP contribution in [0.2, 0.25) is 0 Å². The van der Waals surface area contributed by atoms with Crippen molar-refractivity contribution in [3.05, 3.63) is 40.4 Å². The maximum absolute atomic E-state index is 12.0. The zero-order valence-corrected chi connectivity index (χ0v) is 15.3. The summed E-state index contributed by atoms with van der Waals surface area (Å²) in [7, 11) is 1.28. The second-order valence-electron chi connectivity index (χ2n) is 5.01. The van der Waals surface area contributed by atoms with E-state index in [2.05, 4.69) is 15.0 Å². The molecule has 0 aliphatic heterocycles. The van der Waals surface area contributed by atoms with Crippen LogP contribution in [0.15, 0.2) is 24.3 Å². The van der Waals surface area contributed by atoms with Crippen molar-refractivity contribution >= 4 is 34.3 Å². The molecule has 0 atom stereocenters. The van der Waals surface area contributed by atoms with E-state index >= 15 is 0 Å². The van der Waals surface area contributed by atoms with Crippen molar-refractivity contribution < 1.29 is 28.6 Å². The molecule has 1 N–H and O–H groups in total. The number of carbonyl (C=O) groups excluding carboxylic acids is 3. The quantitative estimate of drug-likeness (QED) is 0.738. The number of rotatable bonds is 7. The summed E-state index contributed by atoms with van der Waals surface area (Å²) in [5.41, 5.74) is 0.809. The van der Waals surface area contributed by atoms with E-state index in [-0.39, 0.29) is 18.3 Å². The Morgan fingerprint density at radius 3 is 2.69 bits per heavy atom. The highest BCUT2D eigenvalue weighted by Gasteiger charge is 2.17. The lowest BCUT2D eigenvalue weighted by atomic mass is 10.2. The number of anilines is 1. The fourth-order valence-electron chi connectivity index (χ4n) is 1.96. The molecule has 26 heavy (non-hydrogen) atoms. The molecule has 1 aromatic carbocycles. The predicted octanol–water partition coefficient (Wildman–Crippen LogP) is 2.43. The summed E-state index contributed by atoms with van der Waals surface area (Å²) in [5.74, 6) is -1.06. The number of hydrogen-bond acceptors (Lipinski definition) is 8. The van der Waals surface area contributed by atoms with Crippen molar-refractivity contribution in [1.29, 1.82) is 0 Å². The van der Waals surface area contributed by atoms with Gasteiger partial charge in [0.25, 0.3) is 5.91 Å². The first-order valence-corrected chi connectivity index (χ1v) is 8.51. The third kappa shape index (κ3) is 5.03. The standard InChI is InChI=1S/C17H18N2O6S/c1-4-24-15(21)11-6-5-7-12(8-11)25-9-13(20)19-17-18-10(2)14(26-17)16(22)23-3/h5-8H,4,9H2,1-3H3,(H,18,19,20). The van der Waals surface area contributed by atoms with Crippen molar-refractivity contribution in [2.45, 2.75) is 13.8 Å². The second kappa shape index (κ2) is 8.95. The Morgan fingerprint density at radius 1 is 1.23 bits per heavy atom. The van der Waals surface area contributed by atoms with Crippen LogP contribution in [0.3, 0.4) is 0 Å². The number of amides is 1. The fourth-order valence-corrected chi connectivity index (χ4v) is 2.86. The third-order valence-electron chi connectivity index (χ3n) is 3.13. The Balaban J connectivity index is 1.94. The van der Waals surface area contributed by atoms with Gasteiger partial charge in [-0.1, -0.05) is 17.4 Å². The van der Waals surface area contributed by atoms with Gasteiger partial charge in [-0.25, -0.2) is 14.6 Å². The van der Waals surface area contributed by atoms with Gasteiger partial charge in [-0.15, -0.1) is 0 Å². The largest absolute Gasteiger partial charge is 0.484 e. The molecule has 138 valence electrons. The monoisotopic (exact) mass is 378 g/mol. The molecule has 2 aromatic rings. The van der Waals surface area contributed by atoms with Crippen LogP contribution in [0.5, 0.6) is 5.75 Å². The van der Waals surface area contributed by atoms with E-state index in [1.165, 1.54) is 13.2 Å². The Bertz CT molecular complexity index is 817. The van der Waals surface area contributed by atoms with Crippen LogP contribution in [0.25, 0.3) is 0 Å². The molecular weight excluding hydrogens is 360 g/mol. The molecule has 0 spiro atoms. The van der Waals surface area contributed by atoms with E-state index in [1.807, 2.05) is 0 Å². The molecule has 9 heteroatoms. The van der Waals surface area contributed by atoms with Crippen molar-refractivity contribution in [3.63, 3.8) is 0 Å². The van der Waals surface area contributed by atoms with Gasteiger partial charge in [-0.05, 0) is 32.0 Å². The van der Waals surface area contributed by atoms with Gasteiger partial charge in [0.15, 0.2) is 11.7 Å². The van der Waals surface area contributed by atoms with E-state index in [4.69, 9.17) is 9.47 Å². The maximum atomic E-state index is 12.0. The van der Waals surface area contributed by atoms with Crippen molar-refractivity contribution in [2.24, 2.45) is 0 Å². The molecule has 2 rings (SSSR count). The highest BCUT2D eigenvalue weighted by Crippen LogP contribution is 2.23. The number of hydrogen-bond donors (Lipinski definition) is 1. The Morgan fingerprint density at radius 2 is 2.00 bits per heavy atom. The summed E-state index contributed by atoms with van der Waals surface area (Å²) in [6, 6.07) is 6.34. The minimum absolute atomic E-state index is 0.271. The first-order valence-electron chi connectivity index (χ1n) is 7.70.